The summed E-state index contributed by atoms with van der Waals surface area (Å²) in [6.07, 6.45) is 4.23. The first-order valence-electron chi connectivity index (χ1n) is 17.1. The maximum atomic E-state index is 13.6. The quantitative estimate of drug-likeness (QED) is 0.0873. The zero-order valence-electron chi connectivity index (χ0n) is 28.8. The molecular formula is C42H38N4O4S2. The molecule has 0 saturated heterocycles. The van der Waals surface area contributed by atoms with Gasteiger partial charge in [0.2, 0.25) is 5.91 Å². The van der Waals surface area contributed by atoms with Gasteiger partial charge in [-0.05, 0) is 104 Å². The molecular weight excluding hydrogens is 689 g/mol. The van der Waals surface area contributed by atoms with Crippen LogP contribution in [0.1, 0.15) is 63.7 Å². The molecule has 0 radical (unpaired) electrons. The third kappa shape index (κ3) is 8.99. The van der Waals surface area contributed by atoms with Crippen LogP contribution in [0, 0.1) is 11.3 Å². The van der Waals surface area contributed by atoms with Crippen molar-refractivity contribution < 1.29 is 19.1 Å². The maximum Gasteiger partial charge on any atom is 0.272 e. The van der Waals surface area contributed by atoms with E-state index in [1.165, 1.54) is 28.7 Å². The summed E-state index contributed by atoms with van der Waals surface area (Å²) in [5.74, 6) is -0.0410. The molecule has 2 unspecified atom stereocenters. The lowest BCUT2D eigenvalue weighted by Gasteiger charge is -2.22. The highest BCUT2D eigenvalue weighted by Crippen LogP contribution is 2.42. The van der Waals surface area contributed by atoms with Crippen molar-refractivity contribution in [3.05, 3.63) is 148 Å². The smallest absolute Gasteiger partial charge is 0.272 e. The first-order valence-corrected chi connectivity index (χ1v) is 18.8. The Balaban J connectivity index is 1.13. The van der Waals surface area contributed by atoms with Crippen LogP contribution >= 0.6 is 23.1 Å². The number of benzene rings is 4. The van der Waals surface area contributed by atoms with Crippen molar-refractivity contribution in [1.82, 2.24) is 5.32 Å². The van der Waals surface area contributed by atoms with E-state index in [2.05, 4.69) is 46.3 Å². The minimum Gasteiger partial charge on any atom is -0.494 e. The topological polar surface area (TPSA) is 120 Å². The summed E-state index contributed by atoms with van der Waals surface area (Å²) in [5.41, 5.74) is 4.59. The SMILES string of the molecule is CCOc1ccc(/C=C(/NC(=O)c2ccccc2)C(=O)Nc2cccc(SC(C)C(=O)Nc3sc4c(c3C#N)CCC(c3ccccc3)C4)c2)cc1. The van der Waals surface area contributed by atoms with Gasteiger partial charge in [0, 0.05) is 21.0 Å². The van der Waals surface area contributed by atoms with Gasteiger partial charge in [-0.3, -0.25) is 14.4 Å². The van der Waals surface area contributed by atoms with E-state index in [1.54, 1.807) is 60.7 Å². The average molecular weight is 727 g/mol. The number of amides is 3. The number of hydrogen-bond donors (Lipinski definition) is 3. The number of thioether (sulfide) groups is 1. The van der Waals surface area contributed by atoms with Crippen LogP contribution in [0.25, 0.3) is 6.08 Å². The lowest BCUT2D eigenvalue weighted by atomic mass is 9.83. The van der Waals surface area contributed by atoms with Gasteiger partial charge in [-0.1, -0.05) is 66.7 Å². The minimum absolute atomic E-state index is 0.0610. The number of hydrogen-bond acceptors (Lipinski definition) is 7. The summed E-state index contributed by atoms with van der Waals surface area (Å²) >= 11 is 2.85. The van der Waals surface area contributed by atoms with E-state index in [9.17, 15) is 19.6 Å². The maximum absolute atomic E-state index is 13.6. The van der Waals surface area contributed by atoms with E-state index < -0.39 is 17.1 Å². The normalized spacial score (nSPS) is 14.3. The lowest BCUT2D eigenvalue weighted by Crippen LogP contribution is -2.30. The number of nitriles is 1. The van der Waals surface area contributed by atoms with Crippen LogP contribution in [0.3, 0.4) is 0 Å². The number of carbonyl (C=O) groups excluding carboxylic acids is 3. The molecule has 0 aliphatic heterocycles. The fraction of sp³-hybridized carbons (Fsp3) is 0.190. The number of thiophene rings is 1. The Morgan fingerprint density at radius 1 is 0.962 bits per heavy atom. The van der Waals surface area contributed by atoms with Crippen molar-refractivity contribution in [2.45, 2.75) is 49.2 Å². The highest BCUT2D eigenvalue weighted by atomic mass is 32.2. The Labute approximate surface area is 311 Å². The van der Waals surface area contributed by atoms with Crippen LogP contribution in [-0.4, -0.2) is 29.6 Å². The summed E-state index contributed by atoms with van der Waals surface area (Å²) in [5, 5.41) is 18.8. The van der Waals surface area contributed by atoms with Crippen LogP contribution in [0.4, 0.5) is 10.7 Å². The van der Waals surface area contributed by atoms with Gasteiger partial charge in [0.05, 0.1) is 17.4 Å². The molecule has 0 saturated carbocycles. The number of ether oxygens (including phenoxy) is 1. The van der Waals surface area contributed by atoms with Crippen molar-refractivity contribution in [1.29, 1.82) is 5.26 Å². The fourth-order valence-electron chi connectivity index (χ4n) is 6.05. The molecule has 3 N–H and O–H groups in total. The van der Waals surface area contributed by atoms with Gasteiger partial charge >= 0.3 is 0 Å². The van der Waals surface area contributed by atoms with Gasteiger partial charge in [-0.2, -0.15) is 5.26 Å². The molecule has 52 heavy (non-hydrogen) atoms. The molecule has 1 aliphatic rings. The number of rotatable bonds is 12. The molecule has 0 bridgehead atoms. The Bertz CT molecular complexity index is 2120. The number of nitrogens with zero attached hydrogens (tertiary/aromatic N) is 1. The number of carbonyl (C=O) groups is 3. The molecule has 10 heteroatoms. The van der Waals surface area contributed by atoms with Gasteiger partial charge < -0.3 is 20.7 Å². The van der Waals surface area contributed by atoms with E-state index in [0.717, 1.165) is 34.6 Å². The minimum atomic E-state index is -0.508. The molecule has 6 rings (SSSR count). The van der Waals surface area contributed by atoms with Crippen molar-refractivity contribution in [2.75, 3.05) is 17.2 Å². The highest BCUT2D eigenvalue weighted by Gasteiger charge is 2.28. The van der Waals surface area contributed by atoms with Gasteiger partial charge in [-0.25, -0.2) is 0 Å². The van der Waals surface area contributed by atoms with E-state index in [1.807, 2.05) is 44.2 Å². The van der Waals surface area contributed by atoms with Gasteiger partial charge in [0.15, 0.2) is 0 Å². The molecule has 0 spiro atoms. The van der Waals surface area contributed by atoms with Crippen molar-refractivity contribution >= 4 is 57.6 Å². The largest absolute Gasteiger partial charge is 0.494 e. The first kappa shape index (κ1) is 36.2. The predicted octanol–water partition coefficient (Wildman–Crippen LogP) is 8.82. The second kappa shape index (κ2) is 17.1. The third-order valence-electron chi connectivity index (χ3n) is 8.69. The summed E-state index contributed by atoms with van der Waals surface area (Å²) < 4.78 is 5.53. The van der Waals surface area contributed by atoms with Gasteiger partial charge in [0.1, 0.15) is 22.5 Å². The fourth-order valence-corrected chi connectivity index (χ4v) is 8.26. The molecule has 4 aromatic carbocycles. The zero-order chi connectivity index (χ0) is 36.5. The second-order valence-electron chi connectivity index (χ2n) is 12.3. The van der Waals surface area contributed by atoms with Gasteiger partial charge in [0.25, 0.3) is 11.8 Å². The van der Waals surface area contributed by atoms with E-state index in [-0.39, 0.29) is 11.6 Å². The predicted molar refractivity (Wildman–Crippen MR) is 209 cm³/mol. The Morgan fingerprint density at radius 3 is 2.40 bits per heavy atom. The molecule has 1 aromatic heterocycles. The van der Waals surface area contributed by atoms with Crippen LogP contribution < -0.4 is 20.7 Å². The van der Waals surface area contributed by atoms with Crippen LogP contribution in [0.2, 0.25) is 0 Å². The average Bonchev–Trinajstić information content (AvgIpc) is 3.52. The lowest BCUT2D eigenvalue weighted by molar-refractivity contribution is -0.115. The summed E-state index contributed by atoms with van der Waals surface area (Å²) in [4.78, 5) is 42.1. The molecule has 0 fully saturated rings. The van der Waals surface area contributed by atoms with Gasteiger partial charge in [-0.15, -0.1) is 23.1 Å². The van der Waals surface area contributed by atoms with Crippen LogP contribution in [-0.2, 0) is 22.4 Å². The Hall–Kier alpha value is -5.63. The summed E-state index contributed by atoms with van der Waals surface area (Å²) in [7, 11) is 0. The monoisotopic (exact) mass is 726 g/mol. The standard InChI is InChI=1S/C42H38N4O4S2/c1-3-50-33-20-17-28(18-21-33)23-37(45-40(48)30-13-8-5-9-14-30)41(49)44-32-15-10-16-34(25-32)51-27(2)39(47)46-42-36(26-43)35-22-19-31(24-38(35)52-42)29-11-6-4-7-12-29/h4-18,20-21,23,25,27,31H,3,19,22,24H2,1-2H3,(H,44,49)(H,45,48)(H,46,47)/b37-23+. The first-order chi connectivity index (χ1) is 25.3. The molecule has 5 aromatic rings. The number of nitrogens with one attached hydrogen (secondary N) is 3. The molecule has 1 aliphatic carbocycles. The van der Waals surface area contributed by atoms with Crippen molar-refractivity contribution in [3.63, 3.8) is 0 Å². The molecule has 8 nitrogen and oxygen atoms in total. The third-order valence-corrected chi connectivity index (χ3v) is 11.0. The Kier molecular flexibility index (Phi) is 11.9. The number of anilines is 2. The molecule has 262 valence electrons. The van der Waals surface area contributed by atoms with E-state index in [4.69, 9.17) is 4.74 Å². The van der Waals surface area contributed by atoms with E-state index >= 15 is 0 Å². The molecule has 3 amide bonds. The second-order valence-corrected chi connectivity index (χ2v) is 14.8. The summed E-state index contributed by atoms with van der Waals surface area (Å²) in [6.45, 7) is 4.25. The molecule has 1 heterocycles. The molecule has 2 atom stereocenters. The van der Waals surface area contributed by atoms with Crippen LogP contribution in [0.5, 0.6) is 5.75 Å². The van der Waals surface area contributed by atoms with Crippen molar-refractivity contribution in [3.8, 4) is 11.8 Å². The highest BCUT2D eigenvalue weighted by molar-refractivity contribution is 8.00. The van der Waals surface area contributed by atoms with Crippen LogP contribution in [0.15, 0.2) is 120 Å². The van der Waals surface area contributed by atoms with E-state index in [0.29, 0.717) is 45.7 Å². The summed E-state index contributed by atoms with van der Waals surface area (Å²) in [6, 6.07) is 35.9. The number of fused-ring (bicyclic) bond motifs is 1. The van der Waals surface area contributed by atoms with Crippen molar-refractivity contribution in [2.24, 2.45) is 0 Å². The zero-order valence-corrected chi connectivity index (χ0v) is 30.5. The Morgan fingerprint density at radius 2 is 1.69 bits per heavy atom.